The van der Waals surface area contributed by atoms with Gasteiger partial charge in [0.1, 0.15) is 5.71 Å². The van der Waals surface area contributed by atoms with Crippen LogP contribution in [0, 0.1) is 0 Å². The quantitative estimate of drug-likeness (QED) is 0.759. The molecule has 0 radical (unpaired) electrons. The minimum absolute atomic E-state index is 0.0118. The first-order valence-electron chi connectivity index (χ1n) is 9.02. The summed E-state index contributed by atoms with van der Waals surface area (Å²) in [5.74, 6) is -0.0118. The molecule has 0 N–H and O–H groups in total. The molecule has 4 heteroatoms. The lowest BCUT2D eigenvalue weighted by Gasteiger charge is -2.27. The molecular formula is C21H25N3O. The molecule has 4 nitrogen and oxygen atoms in total. The van der Waals surface area contributed by atoms with Gasteiger partial charge in [0.25, 0.3) is 5.91 Å². The summed E-state index contributed by atoms with van der Waals surface area (Å²) in [7, 11) is 0. The van der Waals surface area contributed by atoms with Gasteiger partial charge < -0.3 is 0 Å². The highest BCUT2D eigenvalue weighted by molar-refractivity contribution is 6.54. The van der Waals surface area contributed by atoms with E-state index in [0.29, 0.717) is 12.4 Å². The van der Waals surface area contributed by atoms with Gasteiger partial charge in [-0.15, -0.1) is 0 Å². The summed E-state index contributed by atoms with van der Waals surface area (Å²) >= 11 is 0. The molecule has 0 aromatic heterocycles. The molecule has 1 amide bonds. The van der Waals surface area contributed by atoms with Gasteiger partial charge in [0.2, 0.25) is 0 Å². The number of para-hydroxylation sites is 2. The SMILES string of the molecule is CCCN(CCC)CN1C(=O)C(=Nc2ccccc2)c2ccccc21. The predicted octanol–water partition coefficient (Wildman–Crippen LogP) is 4.23. The molecule has 1 aliphatic heterocycles. The Kier molecular flexibility index (Phi) is 5.61. The van der Waals surface area contributed by atoms with E-state index < -0.39 is 0 Å². The normalized spacial score (nSPS) is 15.2. The van der Waals surface area contributed by atoms with E-state index in [4.69, 9.17) is 0 Å². The van der Waals surface area contributed by atoms with E-state index in [2.05, 4.69) is 23.7 Å². The zero-order chi connectivity index (χ0) is 17.6. The first-order valence-corrected chi connectivity index (χ1v) is 9.02. The van der Waals surface area contributed by atoms with Crippen LogP contribution in [0.15, 0.2) is 59.6 Å². The van der Waals surface area contributed by atoms with E-state index in [1.54, 1.807) is 0 Å². The second-order valence-electron chi connectivity index (χ2n) is 6.31. The van der Waals surface area contributed by atoms with Crippen molar-refractivity contribution in [2.75, 3.05) is 24.7 Å². The Morgan fingerprint density at radius 2 is 1.56 bits per heavy atom. The minimum atomic E-state index is -0.0118. The summed E-state index contributed by atoms with van der Waals surface area (Å²) in [5, 5.41) is 0. The Bertz CT molecular complexity index is 749. The van der Waals surface area contributed by atoms with E-state index in [1.807, 2.05) is 59.5 Å². The van der Waals surface area contributed by atoms with E-state index in [-0.39, 0.29) is 5.91 Å². The van der Waals surface area contributed by atoms with Crippen molar-refractivity contribution in [1.82, 2.24) is 4.90 Å². The number of anilines is 1. The van der Waals surface area contributed by atoms with E-state index in [1.165, 1.54) is 0 Å². The molecule has 0 saturated heterocycles. The Balaban J connectivity index is 1.94. The van der Waals surface area contributed by atoms with Crippen LogP contribution in [0.1, 0.15) is 32.3 Å². The number of hydrogen-bond acceptors (Lipinski definition) is 3. The van der Waals surface area contributed by atoms with E-state index in [9.17, 15) is 4.79 Å². The number of hydrogen-bond donors (Lipinski definition) is 0. The fraction of sp³-hybridized carbons (Fsp3) is 0.333. The van der Waals surface area contributed by atoms with Gasteiger partial charge in [0.05, 0.1) is 18.0 Å². The lowest BCUT2D eigenvalue weighted by molar-refractivity contribution is -0.112. The van der Waals surface area contributed by atoms with Crippen molar-refractivity contribution in [2.24, 2.45) is 4.99 Å². The van der Waals surface area contributed by atoms with Crippen molar-refractivity contribution in [2.45, 2.75) is 26.7 Å². The van der Waals surface area contributed by atoms with Crippen LogP contribution in [0.5, 0.6) is 0 Å². The molecule has 0 unspecified atom stereocenters. The smallest absolute Gasteiger partial charge is 0.278 e. The molecule has 2 aromatic rings. The molecule has 1 aliphatic rings. The number of carbonyl (C=O) groups is 1. The van der Waals surface area contributed by atoms with Crippen molar-refractivity contribution < 1.29 is 4.79 Å². The average Bonchev–Trinajstić information content (AvgIpc) is 2.89. The highest BCUT2D eigenvalue weighted by Gasteiger charge is 2.34. The van der Waals surface area contributed by atoms with E-state index in [0.717, 1.165) is 42.9 Å². The molecule has 0 atom stereocenters. The molecule has 0 saturated carbocycles. The third-order valence-electron chi connectivity index (χ3n) is 4.32. The third kappa shape index (κ3) is 3.80. The van der Waals surface area contributed by atoms with Gasteiger partial charge in [0.15, 0.2) is 0 Å². The summed E-state index contributed by atoms with van der Waals surface area (Å²) < 4.78 is 0. The predicted molar refractivity (Wildman–Crippen MR) is 104 cm³/mol. The standard InChI is InChI=1S/C21H25N3O/c1-3-14-23(15-4-2)16-24-19-13-9-8-12-18(19)20(21(24)25)22-17-10-6-5-7-11-17/h5-13H,3-4,14-16H2,1-2H3. The first-order chi connectivity index (χ1) is 12.2. The topological polar surface area (TPSA) is 35.9 Å². The van der Waals surface area contributed by atoms with Crippen molar-refractivity contribution in [3.63, 3.8) is 0 Å². The van der Waals surface area contributed by atoms with Crippen molar-refractivity contribution in [3.8, 4) is 0 Å². The zero-order valence-electron chi connectivity index (χ0n) is 15.0. The Hall–Kier alpha value is -2.46. The maximum Gasteiger partial charge on any atom is 0.278 e. The van der Waals surface area contributed by atoms with Gasteiger partial charge in [0, 0.05) is 5.56 Å². The van der Waals surface area contributed by atoms with Crippen LogP contribution in [0.2, 0.25) is 0 Å². The van der Waals surface area contributed by atoms with Crippen LogP contribution < -0.4 is 4.90 Å². The maximum atomic E-state index is 13.1. The van der Waals surface area contributed by atoms with Gasteiger partial charge >= 0.3 is 0 Å². The fourth-order valence-electron chi connectivity index (χ4n) is 3.23. The number of benzene rings is 2. The summed E-state index contributed by atoms with van der Waals surface area (Å²) in [5.41, 5.74) is 3.22. The fourth-order valence-corrected chi connectivity index (χ4v) is 3.23. The molecule has 25 heavy (non-hydrogen) atoms. The van der Waals surface area contributed by atoms with Gasteiger partial charge in [-0.05, 0) is 44.1 Å². The van der Waals surface area contributed by atoms with Crippen molar-refractivity contribution in [3.05, 3.63) is 60.2 Å². The van der Waals surface area contributed by atoms with Gasteiger partial charge in [-0.1, -0.05) is 50.2 Å². The summed E-state index contributed by atoms with van der Waals surface area (Å²) in [6, 6.07) is 17.6. The summed E-state index contributed by atoms with van der Waals surface area (Å²) in [6.45, 7) is 6.94. The van der Waals surface area contributed by atoms with Crippen LogP contribution >= 0.6 is 0 Å². The van der Waals surface area contributed by atoms with E-state index >= 15 is 0 Å². The zero-order valence-corrected chi connectivity index (χ0v) is 15.0. The van der Waals surface area contributed by atoms with Crippen molar-refractivity contribution in [1.29, 1.82) is 0 Å². The van der Waals surface area contributed by atoms with Gasteiger partial charge in [-0.2, -0.15) is 0 Å². The number of aliphatic imine (C=N–C) groups is 1. The van der Waals surface area contributed by atoms with Crippen LogP contribution in [0.3, 0.4) is 0 Å². The molecule has 130 valence electrons. The average molecular weight is 335 g/mol. The molecule has 0 bridgehead atoms. The lowest BCUT2D eigenvalue weighted by Crippen LogP contribution is -2.41. The van der Waals surface area contributed by atoms with Crippen LogP contribution in [-0.4, -0.2) is 36.3 Å². The summed E-state index contributed by atoms with van der Waals surface area (Å²) in [6.07, 6.45) is 2.16. The Labute approximate surface area is 149 Å². The number of rotatable bonds is 7. The Morgan fingerprint density at radius 3 is 2.24 bits per heavy atom. The molecule has 0 spiro atoms. The second-order valence-corrected chi connectivity index (χ2v) is 6.31. The maximum absolute atomic E-state index is 13.1. The number of nitrogens with zero attached hydrogens (tertiary/aromatic N) is 3. The molecule has 0 aliphatic carbocycles. The monoisotopic (exact) mass is 335 g/mol. The number of carbonyl (C=O) groups excluding carboxylic acids is 1. The number of fused-ring (bicyclic) bond motifs is 1. The molecule has 3 rings (SSSR count). The number of amides is 1. The van der Waals surface area contributed by atoms with Gasteiger partial charge in [-0.3, -0.25) is 14.6 Å². The minimum Gasteiger partial charge on any atom is -0.293 e. The molecule has 0 fully saturated rings. The Morgan fingerprint density at radius 1 is 0.920 bits per heavy atom. The first kappa shape index (κ1) is 17.4. The van der Waals surface area contributed by atoms with Crippen LogP contribution in [0.4, 0.5) is 11.4 Å². The summed E-state index contributed by atoms with van der Waals surface area (Å²) in [4.78, 5) is 21.9. The van der Waals surface area contributed by atoms with Crippen LogP contribution in [0.25, 0.3) is 0 Å². The second kappa shape index (κ2) is 8.08. The van der Waals surface area contributed by atoms with Gasteiger partial charge in [-0.25, -0.2) is 4.99 Å². The molecule has 1 heterocycles. The molecule has 2 aromatic carbocycles. The van der Waals surface area contributed by atoms with Crippen molar-refractivity contribution >= 4 is 23.0 Å². The largest absolute Gasteiger partial charge is 0.293 e. The highest BCUT2D eigenvalue weighted by atomic mass is 16.2. The highest BCUT2D eigenvalue weighted by Crippen LogP contribution is 2.30. The van der Waals surface area contributed by atoms with Crippen LogP contribution in [-0.2, 0) is 4.79 Å². The lowest BCUT2D eigenvalue weighted by atomic mass is 10.1. The third-order valence-corrected chi connectivity index (χ3v) is 4.32. The molecular weight excluding hydrogens is 310 g/mol.